The summed E-state index contributed by atoms with van der Waals surface area (Å²) in [7, 11) is 0. The fourth-order valence-electron chi connectivity index (χ4n) is 6.58. The average molecular weight is 476 g/mol. The van der Waals surface area contributed by atoms with E-state index >= 15 is 0 Å². The number of nitrogens with zero attached hydrogens (tertiary/aromatic N) is 2. The maximum absolute atomic E-state index is 13.0. The largest absolute Gasteiger partial charge is 0.322 e. The highest BCUT2D eigenvalue weighted by atomic mass is 16.2. The number of nitrogens with one attached hydrogen (secondary N) is 3. The smallest absolute Gasteiger partial charge is 0.255 e. The second-order valence-corrected chi connectivity index (χ2v) is 10.7. The van der Waals surface area contributed by atoms with Crippen molar-refractivity contribution >= 4 is 17.7 Å². The van der Waals surface area contributed by atoms with E-state index in [4.69, 9.17) is 0 Å². The molecule has 3 amide bonds. The molecule has 0 spiro atoms. The molecule has 3 N–H and O–H groups in total. The van der Waals surface area contributed by atoms with Crippen molar-refractivity contribution in [3.8, 4) is 0 Å². The van der Waals surface area contributed by atoms with Crippen LogP contribution in [0.4, 0.5) is 0 Å². The van der Waals surface area contributed by atoms with Gasteiger partial charge in [-0.05, 0) is 67.2 Å². The normalized spacial score (nSPS) is 28.6. The van der Waals surface area contributed by atoms with E-state index in [0.717, 1.165) is 31.2 Å². The van der Waals surface area contributed by atoms with Gasteiger partial charge >= 0.3 is 0 Å². The van der Waals surface area contributed by atoms with E-state index in [1.807, 2.05) is 12.3 Å². The molecule has 3 heterocycles. The van der Waals surface area contributed by atoms with Crippen LogP contribution in [0.15, 0.2) is 24.4 Å². The highest BCUT2D eigenvalue weighted by molar-refractivity contribution is 6.05. The molecule has 1 saturated heterocycles. The number of carbonyl (C=O) groups is 3. The molecule has 2 fully saturated rings. The third-order valence-corrected chi connectivity index (χ3v) is 8.46. The van der Waals surface area contributed by atoms with Crippen molar-refractivity contribution in [1.82, 2.24) is 25.7 Å². The zero-order valence-corrected chi connectivity index (χ0v) is 20.0. The third kappa shape index (κ3) is 4.40. The third-order valence-electron chi connectivity index (χ3n) is 8.46. The predicted molar refractivity (Wildman–Crippen MR) is 129 cm³/mol. The SMILES string of the molecule is O=C1CCC(N2Cc3cc(C[C@H]4CCCC[C@@H]4NC4CCc5cn[nH]c5C4)ccc3C2=O)C(=O)N1. The number of aromatic nitrogens is 2. The minimum Gasteiger partial charge on any atom is -0.322 e. The first-order valence-electron chi connectivity index (χ1n) is 13.1. The first-order chi connectivity index (χ1) is 17.0. The summed E-state index contributed by atoms with van der Waals surface area (Å²) >= 11 is 0. The Balaban J connectivity index is 1.12. The van der Waals surface area contributed by atoms with E-state index in [-0.39, 0.29) is 24.1 Å². The van der Waals surface area contributed by atoms with Crippen molar-refractivity contribution in [3.63, 3.8) is 0 Å². The van der Waals surface area contributed by atoms with E-state index in [2.05, 4.69) is 33.0 Å². The van der Waals surface area contributed by atoms with Gasteiger partial charge in [-0.15, -0.1) is 0 Å². The highest BCUT2D eigenvalue weighted by Crippen LogP contribution is 2.32. The number of piperidine rings is 1. The van der Waals surface area contributed by atoms with Crippen molar-refractivity contribution < 1.29 is 14.4 Å². The number of hydrogen-bond acceptors (Lipinski definition) is 5. The Labute approximate surface area is 205 Å². The van der Waals surface area contributed by atoms with E-state index in [1.165, 1.54) is 42.5 Å². The van der Waals surface area contributed by atoms with Gasteiger partial charge in [-0.1, -0.05) is 25.0 Å². The molecule has 0 bridgehead atoms. The Morgan fingerprint density at radius 1 is 1.03 bits per heavy atom. The van der Waals surface area contributed by atoms with Crippen LogP contribution in [0.5, 0.6) is 0 Å². The number of amides is 3. The van der Waals surface area contributed by atoms with E-state index in [0.29, 0.717) is 36.5 Å². The molecule has 6 rings (SSSR count). The van der Waals surface area contributed by atoms with E-state index in [1.54, 1.807) is 4.90 Å². The lowest BCUT2D eigenvalue weighted by atomic mass is 9.79. The van der Waals surface area contributed by atoms with Crippen LogP contribution in [0.2, 0.25) is 0 Å². The van der Waals surface area contributed by atoms with Crippen LogP contribution >= 0.6 is 0 Å². The van der Waals surface area contributed by atoms with Gasteiger partial charge in [0.15, 0.2) is 0 Å². The lowest BCUT2D eigenvalue weighted by Crippen LogP contribution is -2.52. The second kappa shape index (κ2) is 9.22. The lowest BCUT2D eigenvalue weighted by molar-refractivity contribution is -0.136. The Bertz CT molecular complexity index is 1160. The summed E-state index contributed by atoms with van der Waals surface area (Å²) in [6.45, 7) is 0.440. The van der Waals surface area contributed by atoms with Crippen LogP contribution in [-0.4, -0.2) is 50.9 Å². The zero-order chi connectivity index (χ0) is 23.9. The Morgan fingerprint density at radius 3 is 2.80 bits per heavy atom. The number of imide groups is 1. The predicted octanol–water partition coefficient (Wildman–Crippen LogP) is 2.42. The second-order valence-electron chi connectivity index (χ2n) is 10.7. The van der Waals surface area contributed by atoms with Gasteiger partial charge in [0.1, 0.15) is 6.04 Å². The summed E-state index contributed by atoms with van der Waals surface area (Å²) in [5.41, 5.74) is 5.60. The maximum atomic E-state index is 13.0. The van der Waals surface area contributed by atoms with Crippen LogP contribution < -0.4 is 10.6 Å². The van der Waals surface area contributed by atoms with Crippen molar-refractivity contribution in [2.45, 2.75) is 88.9 Å². The minimum atomic E-state index is -0.561. The van der Waals surface area contributed by atoms with Gasteiger partial charge in [0.05, 0.1) is 6.20 Å². The minimum absolute atomic E-state index is 0.103. The topological polar surface area (TPSA) is 107 Å². The monoisotopic (exact) mass is 475 g/mol. The summed E-state index contributed by atoms with van der Waals surface area (Å²) < 4.78 is 0. The summed E-state index contributed by atoms with van der Waals surface area (Å²) in [5.74, 6) is -0.141. The Morgan fingerprint density at radius 2 is 1.91 bits per heavy atom. The van der Waals surface area contributed by atoms with Gasteiger partial charge in [0, 0.05) is 42.7 Å². The van der Waals surface area contributed by atoms with Gasteiger partial charge in [0.2, 0.25) is 11.8 Å². The first kappa shape index (κ1) is 22.5. The van der Waals surface area contributed by atoms with Gasteiger partial charge < -0.3 is 10.2 Å². The molecule has 8 heteroatoms. The number of benzene rings is 1. The molecule has 2 aromatic rings. The number of hydrogen-bond donors (Lipinski definition) is 3. The molecule has 1 saturated carbocycles. The molecule has 2 aliphatic heterocycles. The number of H-pyrrole nitrogens is 1. The molecule has 0 radical (unpaired) electrons. The van der Waals surface area contributed by atoms with E-state index < -0.39 is 6.04 Å². The lowest BCUT2D eigenvalue weighted by Gasteiger charge is -2.36. The number of carbonyl (C=O) groups excluding carboxylic acids is 3. The molecule has 8 nitrogen and oxygen atoms in total. The van der Waals surface area contributed by atoms with Gasteiger partial charge in [-0.2, -0.15) is 5.10 Å². The van der Waals surface area contributed by atoms with Gasteiger partial charge in [0.25, 0.3) is 5.91 Å². The molecule has 4 atom stereocenters. The summed E-state index contributed by atoms with van der Waals surface area (Å²) in [6.07, 6.45) is 11.9. The Hall–Kier alpha value is -3.00. The van der Waals surface area contributed by atoms with Crippen LogP contribution in [0.3, 0.4) is 0 Å². The number of aromatic amines is 1. The van der Waals surface area contributed by atoms with Crippen LogP contribution in [-0.2, 0) is 35.4 Å². The van der Waals surface area contributed by atoms with Crippen molar-refractivity contribution in [1.29, 1.82) is 0 Å². The fraction of sp³-hybridized carbons (Fsp3) is 0.556. The van der Waals surface area contributed by atoms with Crippen molar-refractivity contribution in [2.24, 2.45) is 5.92 Å². The maximum Gasteiger partial charge on any atom is 0.255 e. The summed E-state index contributed by atoms with van der Waals surface area (Å²) in [5, 5.41) is 13.8. The fourth-order valence-corrected chi connectivity index (χ4v) is 6.58. The molecule has 2 aliphatic carbocycles. The molecular formula is C27H33N5O3. The summed E-state index contributed by atoms with van der Waals surface area (Å²) in [4.78, 5) is 38.5. The van der Waals surface area contributed by atoms with Gasteiger partial charge in [-0.25, -0.2) is 0 Å². The molecule has 1 aromatic carbocycles. The molecule has 2 unspecified atom stereocenters. The van der Waals surface area contributed by atoms with Crippen LogP contribution in [0.25, 0.3) is 0 Å². The van der Waals surface area contributed by atoms with Crippen LogP contribution in [0.1, 0.15) is 77.7 Å². The van der Waals surface area contributed by atoms with Crippen LogP contribution in [0, 0.1) is 5.92 Å². The number of fused-ring (bicyclic) bond motifs is 2. The molecule has 4 aliphatic rings. The first-order valence-corrected chi connectivity index (χ1v) is 13.1. The highest BCUT2D eigenvalue weighted by Gasteiger charge is 2.39. The number of aryl methyl sites for hydroxylation is 1. The molecule has 184 valence electrons. The Kier molecular flexibility index (Phi) is 5.92. The van der Waals surface area contributed by atoms with Crippen molar-refractivity contribution in [2.75, 3.05) is 0 Å². The number of rotatable bonds is 5. The van der Waals surface area contributed by atoms with E-state index in [9.17, 15) is 14.4 Å². The zero-order valence-electron chi connectivity index (χ0n) is 20.0. The standard InChI is InChI=1S/C27H33N5O3/c33-25-10-9-24(26(34)30-25)32-15-19-12-16(5-8-21(19)27(32)35)11-17-3-1-2-4-22(17)29-20-7-6-18-14-28-31-23(18)13-20/h5,8,12,14,17,20,22,24,29H,1-4,6-7,9-11,13,15H2,(H,28,31)(H,30,33,34)/t17-,20?,22+,24?/m1/s1. The molecule has 1 aromatic heterocycles. The van der Waals surface area contributed by atoms with Crippen molar-refractivity contribution in [3.05, 3.63) is 52.3 Å². The molecular weight excluding hydrogens is 442 g/mol. The average Bonchev–Trinajstić information content (AvgIpc) is 3.44. The summed E-state index contributed by atoms with van der Waals surface area (Å²) in [6, 6.07) is 6.64. The molecule has 35 heavy (non-hydrogen) atoms. The quantitative estimate of drug-likeness (QED) is 0.576. The van der Waals surface area contributed by atoms with Gasteiger partial charge in [-0.3, -0.25) is 24.8 Å².